The molecule has 0 amide bonds. The lowest BCUT2D eigenvalue weighted by Gasteiger charge is -2.25. The summed E-state index contributed by atoms with van der Waals surface area (Å²) in [5.41, 5.74) is 1.14. The number of benzene rings is 1. The lowest BCUT2D eigenvalue weighted by Crippen LogP contribution is -2.42. The summed E-state index contributed by atoms with van der Waals surface area (Å²) in [5, 5.41) is 16.2. The second kappa shape index (κ2) is 7.61. The van der Waals surface area contributed by atoms with Crippen molar-refractivity contribution in [1.29, 1.82) is 0 Å². The summed E-state index contributed by atoms with van der Waals surface area (Å²) >= 11 is 0. The van der Waals surface area contributed by atoms with Crippen LogP contribution in [-0.4, -0.2) is 31.9 Å². The molecule has 1 aromatic carbocycles. The fourth-order valence-electron chi connectivity index (χ4n) is 1.80. The first-order valence-electron chi connectivity index (χ1n) is 5.12. The Bertz CT molecular complexity index is 344. The molecule has 1 atom stereocenters. The maximum absolute atomic E-state index is 9.47. The van der Waals surface area contributed by atoms with E-state index in [9.17, 15) is 5.11 Å². The van der Waals surface area contributed by atoms with Crippen molar-refractivity contribution in [3.8, 4) is 11.5 Å². The van der Waals surface area contributed by atoms with Crippen LogP contribution in [0.25, 0.3) is 0 Å². The largest absolute Gasteiger partial charge is 0.504 e. The van der Waals surface area contributed by atoms with Crippen LogP contribution in [0.3, 0.4) is 0 Å². The molecule has 0 aliphatic carbocycles. The normalized spacial score (nSPS) is 18.8. The number of piperazine rings is 1. The fourth-order valence-corrected chi connectivity index (χ4v) is 1.80. The lowest BCUT2D eigenvalue weighted by atomic mass is 10.0. The van der Waals surface area contributed by atoms with Gasteiger partial charge in [-0.3, -0.25) is 0 Å². The molecule has 4 nitrogen and oxygen atoms in total. The predicted molar refractivity (Wildman–Crippen MR) is 72.8 cm³/mol. The molecule has 1 aliphatic rings. The summed E-state index contributed by atoms with van der Waals surface area (Å²) < 4.78 is 5.08. The number of rotatable bonds is 2. The average Bonchev–Trinajstić information content (AvgIpc) is 2.31. The molecule has 0 aromatic heterocycles. The van der Waals surface area contributed by atoms with Crippen molar-refractivity contribution in [1.82, 2.24) is 10.6 Å². The Labute approximate surface area is 114 Å². The van der Waals surface area contributed by atoms with Gasteiger partial charge in [-0.05, 0) is 17.7 Å². The van der Waals surface area contributed by atoms with Crippen molar-refractivity contribution in [2.45, 2.75) is 6.04 Å². The average molecular weight is 281 g/mol. The van der Waals surface area contributed by atoms with Crippen molar-refractivity contribution in [3.05, 3.63) is 23.8 Å². The van der Waals surface area contributed by atoms with E-state index in [2.05, 4.69) is 10.6 Å². The maximum Gasteiger partial charge on any atom is 0.160 e. The van der Waals surface area contributed by atoms with Crippen molar-refractivity contribution in [3.63, 3.8) is 0 Å². The molecule has 1 heterocycles. The van der Waals surface area contributed by atoms with Gasteiger partial charge in [0.15, 0.2) is 11.5 Å². The molecule has 1 saturated heterocycles. The number of hydrogen-bond donors (Lipinski definition) is 3. The van der Waals surface area contributed by atoms with E-state index in [-0.39, 0.29) is 30.6 Å². The van der Waals surface area contributed by atoms with Gasteiger partial charge in [0.05, 0.1) is 7.11 Å². The van der Waals surface area contributed by atoms with E-state index >= 15 is 0 Å². The molecule has 0 saturated carbocycles. The molecule has 1 aromatic rings. The smallest absolute Gasteiger partial charge is 0.160 e. The Balaban J connectivity index is 0.00000128. The van der Waals surface area contributed by atoms with Crippen molar-refractivity contribution >= 4 is 24.8 Å². The Morgan fingerprint density at radius 2 is 2.06 bits per heavy atom. The number of hydrogen-bond acceptors (Lipinski definition) is 4. The van der Waals surface area contributed by atoms with E-state index < -0.39 is 0 Å². The Morgan fingerprint density at radius 1 is 1.29 bits per heavy atom. The minimum absolute atomic E-state index is 0. The first-order chi connectivity index (χ1) is 7.31. The molecule has 6 heteroatoms. The van der Waals surface area contributed by atoms with Crippen LogP contribution in [0.1, 0.15) is 11.6 Å². The van der Waals surface area contributed by atoms with Crippen LogP contribution < -0.4 is 15.4 Å². The number of ether oxygens (including phenoxy) is 1. The predicted octanol–water partition coefficient (Wildman–Crippen LogP) is 1.48. The summed E-state index contributed by atoms with van der Waals surface area (Å²) in [6.07, 6.45) is 0. The fraction of sp³-hybridized carbons (Fsp3) is 0.455. The van der Waals surface area contributed by atoms with E-state index in [0.717, 1.165) is 25.2 Å². The minimum Gasteiger partial charge on any atom is -0.504 e. The molecule has 0 radical (unpaired) electrons. The lowest BCUT2D eigenvalue weighted by molar-refractivity contribution is 0.370. The summed E-state index contributed by atoms with van der Waals surface area (Å²) in [6, 6.07) is 5.76. The Morgan fingerprint density at radius 3 is 2.65 bits per heavy atom. The highest BCUT2D eigenvalue weighted by Gasteiger charge is 2.15. The Hall–Kier alpha value is -0.680. The van der Waals surface area contributed by atoms with Crippen molar-refractivity contribution < 1.29 is 9.84 Å². The second-order valence-corrected chi connectivity index (χ2v) is 3.64. The van der Waals surface area contributed by atoms with Gasteiger partial charge in [0.2, 0.25) is 0 Å². The monoisotopic (exact) mass is 280 g/mol. The van der Waals surface area contributed by atoms with E-state index in [1.54, 1.807) is 13.2 Å². The van der Waals surface area contributed by atoms with E-state index in [1.165, 1.54) is 0 Å². The molecule has 0 spiro atoms. The molecule has 1 fully saturated rings. The van der Waals surface area contributed by atoms with Gasteiger partial charge >= 0.3 is 0 Å². The van der Waals surface area contributed by atoms with Gasteiger partial charge in [-0.15, -0.1) is 24.8 Å². The van der Waals surface area contributed by atoms with Crippen LogP contribution in [0.15, 0.2) is 18.2 Å². The molecular formula is C11H18Cl2N2O2. The number of halogens is 2. The SMILES string of the molecule is COc1cc(C2CNCCN2)ccc1O.Cl.Cl. The third-order valence-corrected chi connectivity index (χ3v) is 2.65. The zero-order valence-electron chi connectivity index (χ0n) is 9.60. The molecule has 1 unspecified atom stereocenters. The zero-order chi connectivity index (χ0) is 10.7. The van der Waals surface area contributed by atoms with Crippen molar-refractivity contribution in [2.75, 3.05) is 26.7 Å². The van der Waals surface area contributed by atoms with Gasteiger partial charge in [-0.25, -0.2) is 0 Å². The quantitative estimate of drug-likeness (QED) is 0.768. The van der Waals surface area contributed by atoms with Crippen LogP contribution in [0.4, 0.5) is 0 Å². The number of phenols is 1. The first kappa shape index (κ1) is 16.3. The molecule has 2 rings (SSSR count). The van der Waals surface area contributed by atoms with E-state index in [1.807, 2.05) is 12.1 Å². The van der Waals surface area contributed by atoms with Gasteiger partial charge in [-0.1, -0.05) is 6.07 Å². The number of aromatic hydroxyl groups is 1. The highest BCUT2D eigenvalue weighted by Crippen LogP contribution is 2.28. The third-order valence-electron chi connectivity index (χ3n) is 2.65. The van der Waals surface area contributed by atoms with Gasteiger partial charge < -0.3 is 20.5 Å². The molecule has 17 heavy (non-hydrogen) atoms. The van der Waals surface area contributed by atoms with Crippen LogP contribution in [-0.2, 0) is 0 Å². The highest BCUT2D eigenvalue weighted by atomic mass is 35.5. The first-order valence-corrected chi connectivity index (χ1v) is 5.12. The number of phenolic OH excluding ortho intramolecular Hbond substituents is 1. The molecule has 3 N–H and O–H groups in total. The van der Waals surface area contributed by atoms with Gasteiger partial charge in [0, 0.05) is 25.7 Å². The highest BCUT2D eigenvalue weighted by molar-refractivity contribution is 5.85. The molecule has 98 valence electrons. The summed E-state index contributed by atoms with van der Waals surface area (Å²) in [4.78, 5) is 0. The third kappa shape index (κ3) is 3.92. The summed E-state index contributed by atoms with van der Waals surface area (Å²) in [7, 11) is 1.56. The van der Waals surface area contributed by atoms with Crippen molar-refractivity contribution in [2.24, 2.45) is 0 Å². The van der Waals surface area contributed by atoms with Crippen LogP contribution in [0.5, 0.6) is 11.5 Å². The number of methoxy groups -OCH3 is 1. The van der Waals surface area contributed by atoms with Crippen LogP contribution >= 0.6 is 24.8 Å². The van der Waals surface area contributed by atoms with E-state index in [0.29, 0.717) is 11.8 Å². The minimum atomic E-state index is 0. The maximum atomic E-state index is 9.47. The summed E-state index contributed by atoms with van der Waals surface area (Å²) in [6.45, 7) is 2.88. The zero-order valence-corrected chi connectivity index (χ0v) is 11.2. The second-order valence-electron chi connectivity index (χ2n) is 3.64. The Kier molecular flexibility index (Phi) is 7.30. The van der Waals surface area contributed by atoms with Crippen LogP contribution in [0, 0.1) is 0 Å². The van der Waals surface area contributed by atoms with Gasteiger partial charge in [0.1, 0.15) is 0 Å². The molecule has 0 bridgehead atoms. The number of nitrogens with one attached hydrogen (secondary N) is 2. The topological polar surface area (TPSA) is 53.5 Å². The molecular weight excluding hydrogens is 263 g/mol. The molecule has 1 aliphatic heterocycles. The standard InChI is InChI=1S/C11H16N2O2.2ClH/c1-15-11-6-8(2-3-10(11)14)9-7-12-4-5-13-9;;/h2-3,6,9,12-14H,4-5,7H2,1H3;2*1H. The van der Waals surface area contributed by atoms with Gasteiger partial charge in [-0.2, -0.15) is 0 Å². The van der Waals surface area contributed by atoms with E-state index in [4.69, 9.17) is 4.74 Å². The van der Waals surface area contributed by atoms with Gasteiger partial charge in [0.25, 0.3) is 0 Å². The summed E-state index contributed by atoms with van der Waals surface area (Å²) in [5.74, 6) is 0.713. The van der Waals surface area contributed by atoms with Crippen LogP contribution in [0.2, 0.25) is 0 Å².